The van der Waals surface area contributed by atoms with Gasteiger partial charge in [-0.05, 0) is 13.0 Å². The highest BCUT2D eigenvalue weighted by Gasteiger charge is 2.16. The first kappa shape index (κ1) is 15.8. The summed E-state index contributed by atoms with van der Waals surface area (Å²) in [4.78, 5) is 0. The molecule has 1 aromatic carbocycles. The number of nitrogens with two attached hydrogens (primary N) is 1. The van der Waals surface area contributed by atoms with Crippen LogP contribution in [0.5, 0.6) is 0 Å². The van der Waals surface area contributed by atoms with Gasteiger partial charge in [0.05, 0.1) is 13.2 Å². The molecule has 0 saturated carbocycles. The Kier molecular flexibility index (Phi) is 6.62. The summed E-state index contributed by atoms with van der Waals surface area (Å²) in [6.45, 7) is 7.22. The summed E-state index contributed by atoms with van der Waals surface area (Å²) in [6, 6.07) is 3.65. The molecule has 3 nitrogen and oxygen atoms in total. The van der Waals surface area contributed by atoms with Crippen LogP contribution < -0.4 is 11.1 Å². The van der Waals surface area contributed by atoms with Gasteiger partial charge in [-0.1, -0.05) is 24.3 Å². The molecule has 0 aliphatic carbocycles. The van der Waals surface area contributed by atoms with Crippen molar-refractivity contribution in [3.63, 3.8) is 0 Å². The third-order valence-electron chi connectivity index (χ3n) is 2.58. The van der Waals surface area contributed by atoms with Crippen LogP contribution in [-0.2, 0) is 4.74 Å². The van der Waals surface area contributed by atoms with Gasteiger partial charge in [-0.15, -0.1) is 0 Å². The molecule has 0 aliphatic rings. The summed E-state index contributed by atoms with van der Waals surface area (Å²) in [5, 5.41) is 3.04. The van der Waals surface area contributed by atoms with Crippen molar-refractivity contribution < 1.29 is 13.5 Å². The highest BCUT2D eigenvalue weighted by molar-refractivity contribution is 5.22. The van der Waals surface area contributed by atoms with Crippen molar-refractivity contribution in [3.8, 4) is 0 Å². The maximum absolute atomic E-state index is 13.6. The van der Waals surface area contributed by atoms with Gasteiger partial charge in [-0.2, -0.15) is 0 Å². The van der Waals surface area contributed by atoms with Gasteiger partial charge in [0.1, 0.15) is 0 Å². The van der Waals surface area contributed by atoms with Gasteiger partial charge in [-0.3, -0.25) is 0 Å². The molecule has 3 N–H and O–H groups in total. The molecule has 0 amide bonds. The number of benzene rings is 1. The van der Waals surface area contributed by atoms with Gasteiger partial charge in [-0.25, -0.2) is 8.78 Å². The van der Waals surface area contributed by atoms with E-state index in [9.17, 15) is 8.78 Å². The van der Waals surface area contributed by atoms with E-state index in [0.717, 1.165) is 11.6 Å². The Morgan fingerprint density at radius 1 is 1.47 bits per heavy atom. The summed E-state index contributed by atoms with van der Waals surface area (Å²) in [5.74, 6) is -1.72. The second-order valence-corrected chi connectivity index (χ2v) is 4.40. The molecule has 5 heteroatoms. The zero-order valence-corrected chi connectivity index (χ0v) is 11.1. The second-order valence-electron chi connectivity index (χ2n) is 4.40. The van der Waals surface area contributed by atoms with Crippen LogP contribution in [0.2, 0.25) is 0 Å². The maximum atomic E-state index is 13.6. The molecule has 1 atom stereocenters. The van der Waals surface area contributed by atoms with Crippen LogP contribution in [0, 0.1) is 11.6 Å². The van der Waals surface area contributed by atoms with Gasteiger partial charge in [0.25, 0.3) is 0 Å². The Morgan fingerprint density at radius 2 is 2.21 bits per heavy atom. The molecule has 0 saturated heterocycles. The molecular weight excluding hydrogens is 250 g/mol. The lowest BCUT2D eigenvalue weighted by Gasteiger charge is -2.18. The average Bonchev–Trinajstić information content (AvgIpc) is 2.37. The Hall–Kier alpha value is -1.30. The molecule has 106 valence electrons. The van der Waals surface area contributed by atoms with Crippen LogP contribution in [0.4, 0.5) is 8.78 Å². The van der Waals surface area contributed by atoms with Gasteiger partial charge < -0.3 is 15.8 Å². The molecule has 0 spiro atoms. The molecule has 0 bridgehead atoms. The van der Waals surface area contributed by atoms with Gasteiger partial charge >= 0.3 is 0 Å². The predicted octanol–water partition coefficient (Wildman–Crippen LogP) is 2.15. The summed E-state index contributed by atoms with van der Waals surface area (Å²) in [5.41, 5.74) is 6.76. The van der Waals surface area contributed by atoms with Crippen molar-refractivity contribution in [2.45, 2.75) is 13.0 Å². The minimum Gasteiger partial charge on any atom is -0.376 e. The Morgan fingerprint density at radius 3 is 2.84 bits per heavy atom. The van der Waals surface area contributed by atoms with Crippen molar-refractivity contribution in [1.29, 1.82) is 0 Å². The van der Waals surface area contributed by atoms with E-state index in [1.807, 2.05) is 6.92 Å². The minimum absolute atomic E-state index is 0.181. The summed E-state index contributed by atoms with van der Waals surface area (Å²) < 4.78 is 32.0. The quantitative estimate of drug-likeness (QED) is 0.562. The average molecular weight is 270 g/mol. The zero-order chi connectivity index (χ0) is 14.3. The number of hydrogen-bond donors (Lipinski definition) is 2. The van der Waals surface area contributed by atoms with Crippen LogP contribution in [0.3, 0.4) is 0 Å². The summed E-state index contributed by atoms with van der Waals surface area (Å²) >= 11 is 0. The summed E-state index contributed by atoms with van der Waals surface area (Å²) in [6.07, 6.45) is 0. The van der Waals surface area contributed by atoms with Crippen LogP contribution in [0.25, 0.3) is 0 Å². The van der Waals surface area contributed by atoms with E-state index in [2.05, 4.69) is 11.9 Å². The van der Waals surface area contributed by atoms with E-state index >= 15 is 0 Å². The SMILES string of the molecule is C=C(C)COCCNC(CN)c1cccc(F)c1F. The Balaban J connectivity index is 2.49. The first-order valence-electron chi connectivity index (χ1n) is 6.15. The fourth-order valence-electron chi connectivity index (χ4n) is 1.66. The first-order chi connectivity index (χ1) is 9.06. The zero-order valence-electron chi connectivity index (χ0n) is 11.1. The topological polar surface area (TPSA) is 47.3 Å². The highest BCUT2D eigenvalue weighted by atomic mass is 19.2. The molecule has 1 rings (SSSR count). The third kappa shape index (κ3) is 5.06. The number of halogens is 2. The normalized spacial score (nSPS) is 12.4. The van der Waals surface area contributed by atoms with Crippen LogP contribution in [0.15, 0.2) is 30.4 Å². The minimum atomic E-state index is -0.865. The lowest BCUT2D eigenvalue weighted by molar-refractivity contribution is 0.155. The molecule has 0 heterocycles. The Bertz CT molecular complexity index is 424. The number of ether oxygens (including phenoxy) is 1. The lowest BCUT2D eigenvalue weighted by atomic mass is 10.1. The number of hydrogen-bond acceptors (Lipinski definition) is 3. The fraction of sp³-hybridized carbons (Fsp3) is 0.429. The highest BCUT2D eigenvalue weighted by Crippen LogP contribution is 2.18. The fourth-order valence-corrected chi connectivity index (χ4v) is 1.66. The van der Waals surface area contributed by atoms with E-state index in [1.165, 1.54) is 12.1 Å². The van der Waals surface area contributed by atoms with Crippen LogP contribution >= 0.6 is 0 Å². The second kappa shape index (κ2) is 7.99. The third-order valence-corrected chi connectivity index (χ3v) is 2.58. The van der Waals surface area contributed by atoms with Crippen LogP contribution in [-0.4, -0.2) is 26.3 Å². The van der Waals surface area contributed by atoms with E-state index in [4.69, 9.17) is 10.5 Å². The molecule has 0 radical (unpaired) electrons. The molecule has 1 unspecified atom stereocenters. The predicted molar refractivity (Wildman–Crippen MR) is 71.8 cm³/mol. The van der Waals surface area contributed by atoms with E-state index in [1.54, 1.807) is 0 Å². The molecule has 0 aromatic heterocycles. The lowest BCUT2D eigenvalue weighted by Crippen LogP contribution is -2.31. The van der Waals surface area contributed by atoms with Crippen LogP contribution in [0.1, 0.15) is 18.5 Å². The molecule has 0 aliphatic heterocycles. The molecule has 19 heavy (non-hydrogen) atoms. The van der Waals surface area contributed by atoms with Crippen molar-refractivity contribution in [2.24, 2.45) is 5.73 Å². The maximum Gasteiger partial charge on any atom is 0.163 e. The van der Waals surface area contributed by atoms with E-state index < -0.39 is 17.7 Å². The monoisotopic (exact) mass is 270 g/mol. The van der Waals surface area contributed by atoms with Crippen molar-refractivity contribution in [1.82, 2.24) is 5.32 Å². The Labute approximate surface area is 112 Å². The van der Waals surface area contributed by atoms with Crippen molar-refractivity contribution in [3.05, 3.63) is 47.5 Å². The molecule has 1 aromatic rings. The van der Waals surface area contributed by atoms with Crippen molar-refractivity contribution >= 4 is 0 Å². The molecular formula is C14H20F2N2O. The molecule has 0 fully saturated rings. The van der Waals surface area contributed by atoms with Gasteiger partial charge in [0.15, 0.2) is 11.6 Å². The number of rotatable bonds is 8. The number of nitrogens with one attached hydrogen (secondary N) is 1. The van der Waals surface area contributed by atoms with Gasteiger partial charge in [0, 0.05) is 24.7 Å². The largest absolute Gasteiger partial charge is 0.376 e. The van der Waals surface area contributed by atoms with Gasteiger partial charge in [0.2, 0.25) is 0 Å². The smallest absolute Gasteiger partial charge is 0.163 e. The summed E-state index contributed by atoms with van der Waals surface area (Å²) in [7, 11) is 0. The van der Waals surface area contributed by atoms with Crippen molar-refractivity contribution in [2.75, 3.05) is 26.3 Å². The van der Waals surface area contributed by atoms with E-state index in [-0.39, 0.29) is 12.1 Å². The standard InChI is InChI=1S/C14H20F2N2O/c1-10(2)9-19-7-6-18-13(8-17)11-4-3-5-12(15)14(11)16/h3-5,13,18H,1,6-9,17H2,2H3. The first-order valence-corrected chi connectivity index (χ1v) is 6.15. The van der Waals surface area contributed by atoms with E-state index in [0.29, 0.717) is 19.8 Å².